The van der Waals surface area contributed by atoms with Crippen LogP contribution in [-0.4, -0.2) is 9.78 Å². The van der Waals surface area contributed by atoms with Crippen molar-refractivity contribution in [3.05, 3.63) is 47.9 Å². The summed E-state index contributed by atoms with van der Waals surface area (Å²) in [7, 11) is 1.88. The third kappa shape index (κ3) is 2.16. The number of aryl methyl sites for hydroxylation is 1. The molecule has 0 fully saturated rings. The fraction of sp³-hybridized carbons (Fsp3) is 0.133. The number of nitrogens with one attached hydrogen (secondary N) is 1. The molecule has 1 aromatic heterocycles. The standard InChI is InChI=1S/C15H12FN3OS/c1-19-8-10-3-2-9(5-14(10)18-19)13-6-12(16)4-11-7-17-21-20-15(11)13/h2-6,8,17H,7H2,1H3. The van der Waals surface area contributed by atoms with E-state index in [9.17, 15) is 4.39 Å². The number of nitrogens with zero attached hydrogens (tertiary/aromatic N) is 2. The van der Waals surface area contributed by atoms with E-state index in [1.807, 2.05) is 31.4 Å². The second-order valence-electron chi connectivity index (χ2n) is 5.01. The molecule has 21 heavy (non-hydrogen) atoms. The van der Waals surface area contributed by atoms with Crippen molar-refractivity contribution in [2.45, 2.75) is 6.54 Å². The van der Waals surface area contributed by atoms with E-state index in [0.717, 1.165) is 33.3 Å². The van der Waals surface area contributed by atoms with Crippen LogP contribution in [-0.2, 0) is 13.6 Å². The van der Waals surface area contributed by atoms with Gasteiger partial charge in [0.15, 0.2) is 5.75 Å². The minimum atomic E-state index is -0.262. The first-order valence-electron chi connectivity index (χ1n) is 6.53. The van der Waals surface area contributed by atoms with Crippen LogP contribution in [0.4, 0.5) is 4.39 Å². The van der Waals surface area contributed by atoms with E-state index < -0.39 is 0 Å². The number of hydrogen-bond acceptors (Lipinski definition) is 4. The SMILES string of the molecule is Cn1cc2ccc(-c3cc(F)cc4c3OSNC4)cc2n1. The molecule has 1 aliphatic heterocycles. The quantitative estimate of drug-likeness (QED) is 0.552. The molecule has 4 rings (SSSR count). The van der Waals surface area contributed by atoms with Gasteiger partial charge in [-0.1, -0.05) is 12.1 Å². The van der Waals surface area contributed by atoms with Gasteiger partial charge in [0.1, 0.15) is 18.0 Å². The first kappa shape index (κ1) is 12.7. The number of rotatable bonds is 1. The van der Waals surface area contributed by atoms with E-state index in [4.69, 9.17) is 4.18 Å². The highest BCUT2D eigenvalue weighted by molar-refractivity contribution is 7.93. The number of aromatic nitrogens is 2. The van der Waals surface area contributed by atoms with Gasteiger partial charge in [-0.25, -0.2) is 9.11 Å². The van der Waals surface area contributed by atoms with Gasteiger partial charge in [-0.2, -0.15) is 5.10 Å². The largest absolute Gasteiger partial charge is 0.409 e. The van der Waals surface area contributed by atoms with Crippen LogP contribution in [0.1, 0.15) is 5.56 Å². The Morgan fingerprint density at radius 1 is 1.33 bits per heavy atom. The number of halogens is 1. The molecule has 106 valence electrons. The highest BCUT2D eigenvalue weighted by Crippen LogP contribution is 2.38. The zero-order valence-corrected chi connectivity index (χ0v) is 12.1. The van der Waals surface area contributed by atoms with Gasteiger partial charge in [0.2, 0.25) is 0 Å². The lowest BCUT2D eigenvalue weighted by atomic mass is 10.00. The van der Waals surface area contributed by atoms with E-state index in [1.165, 1.54) is 24.4 Å². The average molecular weight is 301 g/mol. The summed E-state index contributed by atoms with van der Waals surface area (Å²) in [5, 5.41) is 5.46. The van der Waals surface area contributed by atoms with Crippen LogP contribution in [0.15, 0.2) is 36.5 Å². The van der Waals surface area contributed by atoms with Crippen LogP contribution in [0.5, 0.6) is 5.75 Å². The molecule has 0 radical (unpaired) electrons. The van der Waals surface area contributed by atoms with E-state index in [0.29, 0.717) is 6.54 Å². The third-order valence-electron chi connectivity index (χ3n) is 3.51. The van der Waals surface area contributed by atoms with Crippen molar-refractivity contribution in [2.75, 3.05) is 0 Å². The summed E-state index contributed by atoms with van der Waals surface area (Å²) < 4.78 is 24.2. The van der Waals surface area contributed by atoms with Gasteiger partial charge < -0.3 is 4.18 Å². The maximum Gasteiger partial charge on any atom is 0.151 e. The molecule has 2 heterocycles. The summed E-state index contributed by atoms with van der Waals surface area (Å²) in [5.41, 5.74) is 3.37. The molecular formula is C15H12FN3OS. The summed E-state index contributed by atoms with van der Waals surface area (Å²) in [6, 6.07) is 8.93. The van der Waals surface area contributed by atoms with E-state index in [-0.39, 0.29) is 5.82 Å². The van der Waals surface area contributed by atoms with Crippen LogP contribution < -0.4 is 8.91 Å². The van der Waals surface area contributed by atoms with Crippen molar-refractivity contribution in [3.8, 4) is 16.9 Å². The van der Waals surface area contributed by atoms with Crippen LogP contribution in [0, 0.1) is 5.82 Å². The fourth-order valence-corrected chi connectivity index (χ4v) is 3.13. The summed E-state index contributed by atoms with van der Waals surface area (Å²) >= 11 is 1.17. The lowest BCUT2D eigenvalue weighted by Crippen LogP contribution is -2.13. The molecule has 0 unspecified atom stereocenters. The summed E-state index contributed by atoms with van der Waals surface area (Å²) in [6.07, 6.45) is 1.95. The summed E-state index contributed by atoms with van der Waals surface area (Å²) in [5.74, 6) is 0.456. The Hall–Kier alpha value is -2.05. The summed E-state index contributed by atoms with van der Waals surface area (Å²) in [6.45, 7) is 0.580. The second kappa shape index (κ2) is 4.75. The van der Waals surface area contributed by atoms with Crippen LogP contribution in [0.3, 0.4) is 0 Å². The molecule has 2 aromatic carbocycles. The fourth-order valence-electron chi connectivity index (χ4n) is 2.58. The zero-order chi connectivity index (χ0) is 14.4. The highest BCUT2D eigenvalue weighted by Gasteiger charge is 2.19. The molecule has 0 saturated carbocycles. The molecule has 0 amide bonds. The lowest BCUT2D eigenvalue weighted by molar-refractivity contribution is 0.583. The first-order chi connectivity index (χ1) is 10.2. The van der Waals surface area contributed by atoms with Gasteiger partial charge in [0.25, 0.3) is 0 Å². The molecule has 4 nitrogen and oxygen atoms in total. The van der Waals surface area contributed by atoms with Crippen molar-refractivity contribution in [2.24, 2.45) is 7.05 Å². The Morgan fingerprint density at radius 3 is 3.14 bits per heavy atom. The van der Waals surface area contributed by atoms with Crippen molar-refractivity contribution in [3.63, 3.8) is 0 Å². The topological polar surface area (TPSA) is 39.1 Å². The van der Waals surface area contributed by atoms with Crippen molar-refractivity contribution in [1.29, 1.82) is 0 Å². The Kier molecular flexibility index (Phi) is 2.87. The van der Waals surface area contributed by atoms with Gasteiger partial charge >= 0.3 is 0 Å². The molecule has 0 spiro atoms. The normalized spacial score (nSPS) is 14.0. The molecule has 0 bridgehead atoms. The van der Waals surface area contributed by atoms with E-state index in [1.54, 1.807) is 4.68 Å². The van der Waals surface area contributed by atoms with Crippen LogP contribution >= 0.6 is 12.2 Å². The number of benzene rings is 2. The molecular weight excluding hydrogens is 289 g/mol. The highest BCUT2D eigenvalue weighted by atomic mass is 32.2. The molecule has 0 aliphatic carbocycles. The maximum absolute atomic E-state index is 13.8. The number of fused-ring (bicyclic) bond motifs is 2. The van der Waals surface area contributed by atoms with Gasteiger partial charge in [-0.05, 0) is 23.8 Å². The second-order valence-corrected chi connectivity index (χ2v) is 5.63. The smallest absolute Gasteiger partial charge is 0.151 e. The van der Waals surface area contributed by atoms with E-state index >= 15 is 0 Å². The molecule has 3 aromatic rings. The van der Waals surface area contributed by atoms with Crippen molar-refractivity contribution < 1.29 is 8.57 Å². The Morgan fingerprint density at radius 2 is 2.24 bits per heavy atom. The van der Waals surface area contributed by atoms with E-state index in [2.05, 4.69) is 9.82 Å². The Balaban J connectivity index is 1.92. The number of hydrogen-bond donors (Lipinski definition) is 1. The predicted molar refractivity (Wildman–Crippen MR) is 81.2 cm³/mol. The van der Waals surface area contributed by atoms with Crippen molar-refractivity contribution >= 4 is 23.1 Å². The predicted octanol–water partition coefficient (Wildman–Crippen LogP) is 3.42. The van der Waals surface area contributed by atoms with Gasteiger partial charge in [0.05, 0.1) is 5.52 Å². The molecule has 6 heteroatoms. The molecule has 0 saturated heterocycles. The van der Waals surface area contributed by atoms with Crippen LogP contribution in [0.25, 0.3) is 22.0 Å². The average Bonchev–Trinajstić information content (AvgIpc) is 2.85. The summed E-state index contributed by atoms with van der Waals surface area (Å²) in [4.78, 5) is 0. The third-order valence-corrected chi connectivity index (χ3v) is 4.02. The van der Waals surface area contributed by atoms with Gasteiger partial charge in [-0.15, -0.1) is 0 Å². The van der Waals surface area contributed by atoms with Crippen molar-refractivity contribution in [1.82, 2.24) is 14.5 Å². The first-order valence-corrected chi connectivity index (χ1v) is 7.27. The minimum Gasteiger partial charge on any atom is -0.409 e. The zero-order valence-electron chi connectivity index (χ0n) is 11.3. The molecule has 1 N–H and O–H groups in total. The Bertz CT molecular complexity index is 846. The monoisotopic (exact) mass is 301 g/mol. The van der Waals surface area contributed by atoms with Crippen LogP contribution in [0.2, 0.25) is 0 Å². The lowest BCUT2D eigenvalue weighted by Gasteiger charge is -2.19. The Labute approximate surface area is 125 Å². The van der Waals surface area contributed by atoms with Gasteiger partial charge in [0, 0.05) is 36.3 Å². The van der Waals surface area contributed by atoms with Gasteiger partial charge in [-0.3, -0.25) is 4.68 Å². The molecule has 1 aliphatic rings. The maximum atomic E-state index is 13.8. The molecule has 0 atom stereocenters. The minimum absolute atomic E-state index is 0.262.